The average Bonchev–Trinajstić information content (AvgIpc) is 2.48. The predicted molar refractivity (Wildman–Crippen MR) is 75.7 cm³/mol. The molecule has 0 saturated heterocycles. The highest BCUT2D eigenvalue weighted by Gasteiger charge is 2.10. The largest absolute Gasteiger partial charge is 0.493 e. The summed E-state index contributed by atoms with van der Waals surface area (Å²) in [7, 11) is 1.41. The van der Waals surface area contributed by atoms with Crippen molar-refractivity contribution in [2.24, 2.45) is 0 Å². The van der Waals surface area contributed by atoms with Gasteiger partial charge in [-0.25, -0.2) is 9.18 Å². The van der Waals surface area contributed by atoms with Crippen molar-refractivity contribution >= 4 is 17.6 Å². The Kier molecular flexibility index (Phi) is 4.65. The van der Waals surface area contributed by atoms with Crippen LogP contribution in [0.1, 0.15) is 15.9 Å². The standard InChI is InChI=1S/C15H12ClFO4/c1-20-14-7-10(15(18)19)3-5-13(14)21-8-9-2-4-11(16)12(17)6-9/h2-7H,8H2,1H3,(H,18,19). The molecule has 0 unspecified atom stereocenters. The second-order valence-electron chi connectivity index (χ2n) is 4.21. The Morgan fingerprint density at radius 2 is 2.00 bits per heavy atom. The molecule has 21 heavy (non-hydrogen) atoms. The Bertz CT molecular complexity index is 673. The fraction of sp³-hybridized carbons (Fsp3) is 0.133. The lowest BCUT2D eigenvalue weighted by Gasteiger charge is -2.11. The van der Waals surface area contributed by atoms with E-state index in [1.165, 1.54) is 37.4 Å². The highest BCUT2D eigenvalue weighted by atomic mass is 35.5. The molecule has 0 spiro atoms. The van der Waals surface area contributed by atoms with Gasteiger partial charge in [-0.2, -0.15) is 0 Å². The zero-order valence-electron chi connectivity index (χ0n) is 11.1. The molecule has 0 radical (unpaired) electrons. The van der Waals surface area contributed by atoms with Gasteiger partial charge >= 0.3 is 5.97 Å². The lowest BCUT2D eigenvalue weighted by Crippen LogP contribution is -2.01. The molecule has 4 nitrogen and oxygen atoms in total. The van der Waals surface area contributed by atoms with Crippen LogP contribution in [0.3, 0.4) is 0 Å². The first-order chi connectivity index (χ1) is 10.0. The third kappa shape index (κ3) is 3.64. The fourth-order valence-electron chi connectivity index (χ4n) is 1.71. The van der Waals surface area contributed by atoms with Crippen LogP contribution in [-0.4, -0.2) is 18.2 Å². The molecule has 0 aliphatic heterocycles. The van der Waals surface area contributed by atoms with Crippen LogP contribution in [0.15, 0.2) is 36.4 Å². The molecule has 0 atom stereocenters. The van der Waals surface area contributed by atoms with E-state index in [2.05, 4.69) is 0 Å². The van der Waals surface area contributed by atoms with Gasteiger partial charge in [0.1, 0.15) is 12.4 Å². The summed E-state index contributed by atoms with van der Waals surface area (Å²) in [6.07, 6.45) is 0. The number of benzene rings is 2. The van der Waals surface area contributed by atoms with Gasteiger partial charge in [-0.05, 0) is 35.9 Å². The van der Waals surface area contributed by atoms with E-state index in [9.17, 15) is 9.18 Å². The van der Waals surface area contributed by atoms with Gasteiger partial charge in [0.2, 0.25) is 0 Å². The third-order valence-corrected chi connectivity index (χ3v) is 3.10. The molecule has 0 aliphatic rings. The van der Waals surface area contributed by atoms with Gasteiger partial charge in [-0.1, -0.05) is 17.7 Å². The van der Waals surface area contributed by atoms with Gasteiger partial charge in [0, 0.05) is 0 Å². The normalized spacial score (nSPS) is 10.2. The molecule has 0 aliphatic carbocycles. The van der Waals surface area contributed by atoms with Crippen molar-refractivity contribution in [3.8, 4) is 11.5 Å². The molecule has 0 bridgehead atoms. The molecule has 0 saturated carbocycles. The molecule has 1 N–H and O–H groups in total. The van der Waals surface area contributed by atoms with E-state index in [0.717, 1.165) is 0 Å². The number of hydrogen-bond donors (Lipinski definition) is 1. The fourth-order valence-corrected chi connectivity index (χ4v) is 1.83. The minimum Gasteiger partial charge on any atom is -0.493 e. The summed E-state index contributed by atoms with van der Waals surface area (Å²) in [6, 6.07) is 8.63. The molecule has 2 aromatic rings. The van der Waals surface area contributed by atoms with Gasteiger partial charge in [0.05, 0.1) is 17.7 Å². The van der Waals surface area contributed by atoms with Crippen LogP contribution >= 0.6 is 11.6 Å². The highest BCUT2D eigenvalue weighted by molar-refractivity contribution is 6.30. The monoisotopic (exact) mass is 310 g/mol. The minimum absolute atomic E-state index is 0.0436. The van der Waals surface area contributed by atoms with E-state index >= 15 is 0 Å². The number of halogens is 2. The number of hydrogen-bond acceptors (Lipinski definition) is 3. The van der Waals surface area contributed by atoms with Crippen molar-refractivity contribution in [2.75, 3.05) is 7.11 Å². The van der Waals surface area contributed by atoms with Crippen LogP contribution < -0.4 is 9.47 Å². The van der Waals surface area contributed by atoms with Crippen LogP contribution in [0.4, 0.5) is 4.39 Å². The van der Waals surface area contributed by atoms with E-state index in [4.69, 9.17) is 26.2 Å². The van der Waals surface area contributed by atoms with E-state index in [1.54, 1.807) is 6.07 Å². The lowest BCUT2D eigenvalue weighted by atomic mass is 10.2. The molecular formula is C15H12ClFO4. The molecule has 6 heteroatoms. The Balaban J connectivity index is 2.15. The number of carboxylic acid groups (broad SMARTS) is 1. The van der Waals surface area contributed by atoms with Gasteiger partial charge in [-0.3, -0.25) is 0 Å². The van der Waals surface area contributed by atoms with Crippen LogP contribution in [0.2, 0.25) is 5.02 Å². The second-order valence-corrected chi connectivity index (χ2v) is 4.62. The molecule has 2 aromatic carbocycles. The zero-order valence-corrected chi connectivity index (χ0v) is 11.9. The Morgan fingerprint density at radius 3 is 2.62 bits per heavy atom. The first-order valence-corrected chi connectivity index (χ1v) is 6.37. The van der Waals surface area contributed by atoms with Crippen LogP contribution in [0.25, 0.3) is 0 Å². The molecule has 0 heterocycles. The molecule has 0 fully saturated rings. The van der Waals surface area contributed by atoms with E-state index in [-0.39, 0.29) is 17.2 Å². The zero-order chi connectivity index (χ0) is 15.4. The predicted octanol–water partition coefficient (Wildman–Crippen LogP) is 3.76. The quantitative estimate of drug-likeness (QED) is 0.913. The van der Waals surface area contributed by atoms with Crippen molar-refractivity contribution < 1.29 is 23.8 Å². The average molecular weight is 311 g/mol. The van der Waals surface area contributed by atoms with Crippen molar-refractivity contribution in [3.05, 3.63) is 58.4 Å². The SMILES string of the molecule is COc1cc(C(=O)O)ccc1OCc1ccc(Cl)c(F)c1. The van der Waals surface area contributed by atoms with Gasteiger partial charge < -0.3 is 14.6 Å². The van der Waals surface area contributed by atoms with E-state index < -0.39 is 11.8 Å². The summed E-state index contributed by atoms with van der Waals surface area (Å²) in [5.74, 6) is -0.909. The number of carbonyl (C=O) groups is 1. The van der Waals surface area contributed by atoms with Crippen molar-refractivity contribution in [1.82, 2.24) is 0 Å². The number of carboxylic acids is 1. The minimum atomic E-state index is -1.06. The first kappa shape index (κ1) is 15.1. The smallest absolute Gasteiger partial charge is 0.335 e. The molecular weight excluding hydrogens is 299 g/mol. The molecule has 2 rings (SSSR count). The maximum atomic E-state index is 13.3. The van der Waals surface area contributed by atoms with Crippen LogP contribution in [-0.2, 0) is 6.61 Å². The van der Waals surface area contributed by atoms with E-state index in [1.807, 2.05) is 0 Å². The summed E-state index contributed by atoms with van der Waals surface area (Å²) in [4.78, 5) is 10.9. The topological polar surface area (TPSA) is 55.8 Å². The lowest BCUT2D eigenvalue weighted by molar-refractivity contribution is 0.0696. The summed E-state index contributed by atoms with van der Waals surface area (Å²) < 4.78 is 23.9. The summed E-state index contributed by atoms with van der Waals surface area (Å²) in [5.41, 5.74) is 0.693. The van der Waals surface area contributed by atoms with Gasteiger partial charge in [0.25, 0.3) is 0 Å². The van der Waals surface area contributed by atoms with E-state index in [0.29, 0.717) is 17.1 Å². The van der Waals surface area contributed by atoms with Crippen molar-refractivity contribution in [3.63, 3.8) is 0 Å². The van der Waals surface area contributed by atoms with Gasteiger partial charge in [0.15, 0.2) is 11.5 Å². The maximum absolute atomic E-state index is 13.3. The first-order valence-electron chi connectivity index (χ1n) is 5.99. The molecule has 0 amide bonds. The number of methoxy groups -OCH3 is 1. The Hall–Kier alpha value is -2.27. The summed E-state index contributed by atoms with van der Waals surface area (Å²) >= 11 is 5.60. The molecule has 0 aromatic heterocycles. The maximum Gasteiger partial charge on any atom is 0.335 e. The Labute approximate surface area is 125 Å². The van der Waals surface area contributed by atoms with Crippen molar-refractivity contribution in [2.45, 2.75) is 6.61 Å². The van der Waals surface area contributed by atoms with Crippen LogP contribution in [0, 0.1) is 5.82 Å². The number of rotatable bonds is 5. The van der Waals surface area contributed by atoms with Gasteiger partial charge in [-0.15, -0.1) is 0 Å². The Morgan fingerprint density at radius 1 is 1.24 bits per heavy atom. The number of ether oxygens (including phenoxy) is 2. The number of aromatic carboxylic acids is 1. The van der Waals surface area contributed by atoms with Crippen molar-refractivity contribution in [1.29, 1.82) is 0 Å². The summed E-state index contributed by atoms with van der Waals surface area (Å²) in [5, 5.41) is 8.95. The summed E-state index contributed by atoms with van der Waals surface area (Å²) in [6.45, 7) is 0.108. The third-order valence-electron chi connectivity index (χ3n) is 2.79. The van der Waals surface area contributed by atoms with Crippen LogP contribution in [0.5, 0.6) is 11.5 Å². The second kappa shape index (κ2) is 6.45. The highest BCUT2D eigenvalue weighted by Crippen LogP contribution is 2.29. The molecule has 110 valence electrons.